The van der Waals surface area contributed by atoms with Crippen LogP contribution in [0.5, 0.6) is 0 Å². The van der Waals surface area contributed by atoms with E-state index in [-0.39, 0.29) is 0 Å². The van der Waals surface area contributed by atoms with E-state index in [1.54, 1.807) is 16.6 Å². The van der Waals surface area contributed by atoms with Crippen LogP contribution < -0.4 is 5.32 Å². The molecule has 1 saturated carbocycles. The fourth-order valence-corrected chi connectivity index (χ4v) is 4.51. The van der Waals surface area contributed by atoms with Gasteiger partial charge in [-0.2, -0.15) is 4.31 Å². The largest absolute Gasteiger partial charge is 0.363 e. The third-order valence-electron chi connectivity index (χ3n) is 4.57. The predicted molar refractivity (Wildman–Crippen MR) is 82.4 cm³/mol. The minimum absolute atomic E-state index is 0.409. The number of nitrogens with one attached hydrogen (secondary N) is 2. The molecule has 0 spiro atoms. The average molecular weight is 311 g/mol. The van der Waals surface area contributed by atoms with E-state index in [0.29, 0.717) is 29.9 Å². The zero-order valence-electron chi connectivity index (χ0n) is 12.6. The Morgan fingerprint density at radius 3 is 2.90 bits per heavy atom. The first-order valence-electron chi connectivity index (χ1n) is 8.00. The molecule has 21 heavy (non-hydrogen) atoms. The third-order valence-corrected chi connectivity index (χ3v) is 6.41. The number of rotatable bonds is 6. The second-order valence-corrected chi connectivity index (χ2v) is 8.23. The van der Waals surface area contributed by atoms with Crippen molar-refractivity contribution in [1.82, 2.24) is 14.6 Å². The van der Waals surface area contributed by atoms with Gasteiger partial charge in [-0.25, -0.2) is 8.42 Å². The van der Waals surface area contributed by atoms with Gasteiger partial charge in [0.2, 0.25) is 10.0 Å². The van der Waals surface area contributed by atoms with Crippen molar-refractivity contribution < 1.29 is 8.42 Å². The summed E-state index contributed by atoms with van der Waals surface area (Å²) in [6.45, 7) is 4.18. The highest BCUT2D eigenvalue weighted by Gasteiger charge is 2.30. The van der Waals surface area contributed by atoms with E-state index in [1.807, 2.05) is 0 Å². The molecule has 1 aliphatic carbocycles. The molecule has 1 aliphatic heterocycles. The van der Waals surface area contributed by atoms with E-state index in [4.69, 9.17) is 0 Å². The molecule has 1 atom stereocenters. The van der Waals surface area contributed by atoms with Crippen LogP contribution in [0.15, 0.2) is 17.2 Å². The maximum atomic E-state index is 12.7. The van der Waals surface area contributed by atoms with Crippen LogP contribution >= 0.6 is 0 Å². The number of hydrogen-bond acceptors (Lipinski definition) is 3. The van der Waals surface area contributed by atoms with Crippen LogP contribution in [0.1, 0.15) is 44.7 Å². The van der Waals surface area contributed by atoms with Gasteiger partial charge in [-0.1, -0.05) is 13.3 Å². The Labute approximate surface area is 127 Å². The van der Waals surface area contributed by atoms with E-state index in [9.17, 15) is 8.42 Å². The molecule has 0 aromatic carbocycles. The number of piperidine rings is 1. The molecular formula is C15H25N3O2S. The second kappa shape index (κ2) is 6.10. The molecule has 1 saturated heterocycles. The van der Waals surface area contributed by atoms with Crippen LogP contribution in [0, 0.1) is 5.92 Å². The number of sulfonamides is 1. The van der Waals surface area contributed by atoms with Gasteiger partial charge in [0, 0.05) is 37.6 Å². The standard InChI is InChI=1S/C15H25N3O2S/c1-2-12-4-3-7-18(11-12)21(19,20)15-8-14(17-10-15)9-16-13-5-6-13/h8,10,12-13,16-17H,2-7,9,11H2,1H3. The highest BCUT2D eigenvalue weighted by atomic mass is 32.2. The average Bonchev–Trinajstić information content (AvgIpc) is 3.21. The maximum Gasteiger partial charge on any atom is 0.244 e. The van der Waals surface area contributed by atoms with Gasteiger partial charge < -0.3 is 10.3 Å². The lowest BCUT2D eigenvalue weighted by atomic mass is 9.97. The van der Waals surface area contributed by atoms with Gasteiger partial charge in [-0.3, -0.25) is 0 Å². The summed E-state index contributed by atoms with van der Waals surface area (Å²) in [4.78, 5) is 3.50. The molecule has 1 aromatic rings. The van der Waals surface area contributed by atoms with Gasteiger partial charge in [0.25, 0.3) is 0 Å². The normalized spacial score (nSPS) is 24.3. The predicted octanol–water partition coefficient (Wildman–Crippen LogP) is 2.08. The molecule has 3 rings (SSSR count). The summed E-state index contributed by atoms with van der Waals surface area (Å²) in [7, 11) is -3.33. The summed E-state index contributed by atoms with van der Waals surface area (Å²) in [5, 5.41) is 3.39. The van der Waals surface area contributed by atoms with E-state index in [1.165, 1.54) is 12.8 Å². The smallest absolute Gasteiger partial charge is 0.244 e. The Morgan fingerprint density at radius 1 is 1.38 bits per heavy atom. The Morgan fingerprint density at radius 2 is 2.19 bits per heavy atom. The molecule has 2 aliphatic rings. The lowest BCUT2D eigenvalue weighted by Gasteiger charge is -2.31. The Balaban J connectivity index is 1.68. The molecule has 0 amide bonds. The van der Waals surface area contributed by atoms with E-state index in [0.717, 1.165) is 31.5 Å². The fraction of sp³-hybridized carbons (Fsp3) is 0.733. The van der Waals surface area contributed by atoms with Crippen LogP contribution in [0.25, 0.3) is 0 Å². The molecule has 1 unspecified atom stereocenters. The van der Waals surface area contributed by atoms with Crippen LogP contribution in [-0.4, -0.2) is 36.8 Å². The fourth-order valence-electron chi connectivity index (χ4n) is 2.94. The highest BCUT2D eigenvalue weighted by Crippen LogP contribution is 2.26. The summed E-state index contributed by atoms with van der Waals surface area (Å²) in [6.07, 6.45) is 7.27. The Bertz CT molecular complexity index is 577. The number of aromatic nitrogens is 1. The molecule has 2 heterocycles. The SMILES string of the molecule is CCC1CCCN(S(=O)(=O)c2c[nH]c(CNC3CC3)c2)C1. The Kier molecular flexibility index (Phi) is 4.38. The molecule has 0 radical (unpaired) electrons. The molecular weight excluding hydrogens is 286 g/mol. The first-order valence-corrected chi connectivity index (χ1v) is 9.44. The van der Waals surface area contributed by atoms with Gasteiger partial charge in [0.1, 0.15) is 0 Å². The van der Waals surface area contributed by atoms with E-state index >= 15 is 0 Å². The quantitative estimate of drug-likeness (QED) is 0.845. The molecule has 6 heteroatoms. The monoisotopic (exact) mass is 311 g/mol. The number of aromatic amines is 1. The van der Waals surface area contributed by atoms with Crippen molar-refractivity contribution >= 4 is 10.0 Å². The summed E-state index contributed by atoms with van der Waals surface area (Å²) >= 11 is 0. The van der Waals surface area contributed by atoms with Crippen LogP contribution in [0.3, 0.4) is 0 Å². The number of nitrogens with zero attached hydrogens (tertiary/aromatic N) is 1. The first-order chi connectivity index (χ1) is 10.1. The van der Waals surface area contributed by atoms with Crippen LogP contribution in [-0.2, 0) is 16.6 Å². The zero-order valence-corrected chi connectivity index (χ0v) is 13.5. The molecule has 5 nitrogen and oxygen atoms in total. The molecule has 0 bridgehead atoms. The van der Waals surface area contributed by atoms with Crippen molar-refractivity contribution in [2.24, 2.45) is 5.92 Å². The second-order valence-electron chi connectivity index (χ2n) is 6.30. The summed E-state index contributed by atoms with van der Waals surface area (Å²) in [5.41, 5.74) is 0.949. The van der Waals surface area contributed by atoms with Crippen molar-refractivity contribution in [3.63, 3.8) is 0 Å². The van der Waals surface area contributed by atoms with Gasteiger partial charge in [0.05, 0.1) is 4.90 Å². The third kappa shape index (κ3) is 3.49. The number of hydrogen-bond donors (Lipinski definition) is 2. The van der Waals surface area contributed by atoms with Crippen molar-refractivity contribution in [3.8, 4) is 0 Å². The summed E-state index contributed by atoms with van der Waals surface area (Å²) in [6, 6.07) is 2.40. The van der Waals surface area contributed by atoms with Crippen molar-refractivity contribution in [1.29, 1.82) is 0 Å². The maximum absolute atomic E-state index is 12.7. The molecule has 1 aromatic heterocycles. The van der Waals surface area contributed by atoms with Gasteiger partial charge in [-0.05, 0) is 37.7 Å². The van der Waals surface area contributed by atoms with Crippen molar-refractivity contribution in [3.05, 3.63) is 18.0 Å². The van der Waals surface area contributed by atoms with E-state index < -0.39 is 10.0 Å². The van der Waals surface area contributed by atoms with Crippen molar-refractivity contribution in [2.75, 3.05) is 13.1 Å². The topological polar surface area (TPSA) is 65.2 Å². The van der Waals surface area contributed by atoms with Crippen LogP contribution in [0.4, 0.5) is 0 Å². The van der Waals surface area contributed by atoms with E-state index in [2.05, 4.69) is 17.2 Å². The molecule has 2 N–H and O–H groups in total. The minimum Gasteiger partial charge on any atom is -0.363 e. The summed E-state index contributed by atoms with van der Waals surface area (Å²) < 4.78 is 27.1. The minimum atomic E-state index is -3.33. The van der Waals surface area contributed by atoms with Crippen LogP contribution in [0.2, 0.25) is 0 Å². The van der Waals surface area contributed by atoms with Gasteiger partial charge >= 0.3 is 0 Å². The number of H-pyrrole nitrogens is 1. The Hall–Kier alpha value is -0.850. The zero-order chi connectivity index (χ0) is 14.9. The van der Waals surface area contributed by atoms with Gasteiger partial charge in [-0.15, -0.1) is 0 Å². The lowest BCUT2D eigenvalue weighted by molar-refractivity contribution is 0.261. The van der Waals surface area contributed by atoms with Crippen molar-refractivity contribution in [2.45, 2.75) is 56.5 Å². The molecule has 118 valence electrons. The first kappa shape index (κ1) is 15.1. The lowest BCUT2D eigenvalue weighted by Crippen LogP contribution is -2.39. The summed E-state index contributed by atoms with van der Waals surface area (Å²) in [5.74, 6) is 0.503. The highest BCUT2D eigenvalue weighted by molar-refractivity contribution is 7.89. The molecule has 2 fully saturated rings. The van der Waals surface area contributed by atoms with Gasteiger partial charge in [0.15, 0.2) is 0 Å².